The Labute approximate surface area is 143 Å². The van der Waals surface area contributed by atoms with Crippen LogP contribution in [0.15, 0.2) is 30.3 Å². The van der Waals surface area contributed by atoms with Crippen molar-refractivity contribution in [3.05, 3.63) is 35.9 Å². The van der Waals surface area contributed by atoms with Gasteiger partial charge in [0.1, 0.15) is 0 Å². The summed E-state index contributed by atoms with van der Waals surface area (Å²) in [6.45, 7) is 1.04. The summed E-state index contributed by atoms with van der Waals surface area (Å²) in [5.41, 5.74) is 6.54. The molecular formula is C19H27N3O2. The summed E-state index contributed by atoms with van der Waals surface area (Å²) in [5.74, 6) is -0.0302. The Morgan fingerprint density at radius 1 is 1.08 bits per heavy atom. The fraction of sp³-hybridized carbons (Fsp3) is 0.579. The standard InChI is InChI=1S/C19H27N3O2/c20-18(23)16-11-12-22(13-16)19(24)21-17(14-7-3-1-4-8-14)15-9-5-2-6-10-15/h1,3-4,7-8,15-17H,2,5-6,9-13H2,(H2,20,23)(H,21,24)/t16-,17+/m0/s1. The van der Waals surface area contributed by atoms with Gasteiger partial charge in [0, 0.05) is 13.1 Å². The first-order valence-corrected chi connectivity index (χ1v) is 9.05. The van der Waals surface area contributed by atoms with Crippen molar-refractivity contribution in [1.29, 1.82) is 0 Å². The van der Waals surface area contributed by atoms with Crippen LogP contribution in [0.2, 0.25) is 0 Å². The predicted octanol–water partition coefficient (Wildman–Crippen LogP) is 2.82. The van der Waals surface area contributed by atoms with E-state index in [9.17, 15) is 9.59 Å². The van der Waals surface area contributed by atoms with Gasteiger partial charge in [0.2, 0.25) is 5.91 Å². The maximum atomic E-state index is 12.7. The topological polar surface area (TPSA) is 75.4 Å². The molecule has 0 radical (unpaired) electrons. The fourth-order valence-electron chi connectivity index (χ4n) is 4.00. The molecule has 1 saturated heterocycles. The number of amides is 3. The van der Waals surface area contributed by atoms with Crippen LogP contribution in [0.1, 0.15) is 50.1 Å². The van der Waals surface area contributed by atoms with E-state index in [1.165, 1.54) is 24.8 Å². The van der Waals surface area contributed by atoms with Crippen molar-refractivity contribution in [1.82, 2.24) is 10.2 Å². The molecule has 2 aliphatic rings. The molecule has 3 amide bonds. The Kier molecular flexibility index (Phi) is 5.38. The minimum atomic E-state index is -0.308. The molecule has 5 heteroatoms. The first kappa shape index (κ1) is 16.8. The minimum Gasteiger partial charge on any atom is -0.369 e. The average Bonchev–Trinajstić information content (AvgIpc) is 3.11. The maximum Gasteiger partial charge on any atom is 0.317 e. The van der Waals surface area contributed by atoms with Gasteiger partial charge >= 0.3 is 6.03 Å². The van der Waals surface area contributed by atoms with E-state index in [1.807, 2.05) is 18.2 Å². The summed E-state index contributed by atoms with van der Waals surface area (Å²) < 4.78 is 0. The molecule has 0 aromatic heterocycles. The van der Waals surface area contributed by atoms with E-state index in [4.69, 9.17) is 5.73 Å². The molecule has 1 aliphatic heterocycles. The number of carbonyl (C=O) groups excluding carboxylic acids is 2. The molecule has 1 aromatic carbocycles. The van der Waals surface area contributed by atoms with Gasteiger partial charge in [0.15, 0.2) is 0 Å². The molecule has 1 saturated carbocycles. The molecule has 2 fully saturated rings. The van der Waals surface area contributed by atoms with Crippen LogP contribution in [-0.4, -0.2) is 29.9 Å². The number of carbonyl (C=O) groups is 2. The predicted molar refractivity (Wildman–Crippen MR) is 93.2 cm³/mol. The molecular weight excluding hydrogens is 302 g/mol. The zero-order valence-corrected chi connectivity index (χ0v) is 14.1. The molecule has 24 heavy (non-hydrogen) atoms. The molecule has 2 atom stereocenters. The summed E-state index contributed by atoms with van der Waals surface area (Å²) in [7, 11) is 0. The van der Waals surface area contributed by atoms with Gasteiger partial charge in [-0.25, -0.2) is 4.79 Å². The normalized spacial score (nSPS) is 23.0. The van der Waals surface area contributed by atoms with E-state index >= 15 is 0 Å². The van der Waals surface area contributed by atoms with Gasteiger partial charge in [0.25, 0.3) is 0 Å². The van der Waals surface area contributed by atoms with E-state index in [2.05, 4.69) is 17.4 Å². The SMILES string of the molecule is NC(=O)[C@H]1CCN(C(=O)N[C@H](c2ccccc2)C2CCCCC2)C1. The van der Waals surface area contributed by atoms with Crippen LogP contribution in [0.25, 0.3) is 0 Å². The van der Waals surface area contributed by atoms with Gasteiger partial charge in [0.05, 0.1) is 12.0 Å². The number of rotatable bonds is 4. The lowest BCUT2D eigenvalue weighted by Crippen LogP contribution is -2.43. The zero-order valence-electron chi connectivity index (χ0n) is 14.1. The second kappa shape index (κ2) is 7.69. The molecule has 0 bridgehead atoms. The second-order valence-corrected chi connectivity index (χ2v) is 7.07. The summed E-state index contributed by atoms with van der Waals surface area (Å²) in [5, 5.41) is 3.24. The lowest BCUT2D eigenvalue weighted by Gasteiger charge is -2.32. The highest BCUT2D eigenvalue weighted by molar-refractivity contribution is 5.80. The van der Waals surface area contributed by atoms with Gasteiger partial charge in [-0.3, -0.25) is 4.79 Å². The molecule has 1 heterocycles. The highest BCUT2D eigenvalue weighted by atomic mass is 16.2. The van der Waals surface area contributed by atoms with E-state index in [-0.39, 0.29) is 23.9 Å². The van der Waals surface area contributed by atoms with Crippen LogP contribution in [-0.2, 0) is 4.79 Å². The number of hydrogen-bond acceptors (Lipinski definition) is 2. The molecule has 130 valence electrons. The van der Waals surface area contributed by atoms with Crippen molar-refractivity contribution in [2.75, 3.05) is 13.1 Å². The van der Waals surface area contributed by atoms with Crippen LogP contribution in [0.4, 0.5) is 4.79 Å². The number of urea groups is 1. The Balaban J connectivity index is 1.69. The Morgan fingerprint density at radius 2 is 1.79 bits per heavy atom. The van der Waals surface area contributed by atoms with Crippen molar-refractivity contribution in [2.24, 2.45) is 17.6 Å². The molecule has 3 N–H and O–H groups in total. The molecule has 1 aromatic rings. The van der Waals surface area contributed by atoms with E-state index in [0.29, 0.717) is 25.4 Å². The van der Waals surface area contributed by atoms with Crippen LogP contribution in [0.3, 0.4) is 0 Å². The van der Waals surface area contributed by atoms with Gasteiger partial charge in [-0.05, 0) is 30.7 Å². The van der Waals surface area contributed by atoms with Gasteiger partial charge in [-0.1, -0.05) is 49.6 Å². The number of likely N-dealkylation sites (tertiary alicyclic amines) is 1. The van der Waals surface area contributed by atoms with Gasteiger partial charge in [-0.2, -0.15) is 0 Å². The number of hydrogen-bond donors (Lipinski definition) is 2. The van der Waals surface area contributed by atoms with Crippen molar-refractivity contribution >= 4 is 11.9 Å². The third-order valence-corrected chi connectivity index (χ3v) is 5.44. The van der Waals surface area contributed by atoms with Crippen LogP contribution < -0.4 is 11.1 Å². The summed E-state index contributed by atoms with van der Waals surface area (Å²) >= 11 is 0. The van der Waals surface area contributed by atoms with Crippen molar-refractivity contribution in [3.8, 4) is 0 Å². The number of nitrogens with zero attached hydrogens (tertiary/aromatic N) is 1. The fourth-order valence-corrected chi connectivity index (χ4v) is 4.00. The number of nitrogens with one attached hydrogen (secondary N) is 1. The highest BCUT2D eigenvalue weighted by Crippen LogP contribution is 2.34. The van der Waals surface area contributed by atoms with E-state index in [0.717, 1.165) is 12.8 Å². The van der Waals surface area contributed by atoms with Crippen LogP contribution in [0, 0.1) is 11.8 Å². The quantitative estimate of drug-likeness (QED) is 0.891. The van der Waals surface area contributed by atoms with E-state index in [1.54, 1.807) is 4.90 Å². The molecule has 0 unspecified atom stereocenters. The first-order chi connectivity index (χ1) is 11.6. The van der Waals surface area contributed by atoms with Gasteiger partial charge in [-0.15, -0.1) is 0 Å². The summed E-state index contributed by atoms with van der Waals surface area (Å²) in [6.07, 6.45) is 6.74. The second-order valence-electron chi connectivity index (χ2n) is 7.07. The lowest BCUT2D eigenvalue weighted by atomic mass is 9.81. The largest absolute Gasteiger partial charge is 0.369 e. The lowest BCUT2D eigenvalue weighted by molar-refractivity contribution is -0.121. The van der Waals surface area contributed by atoms with Crippen molar-refractivity contribution in [3.63, 3.8) is 0 Å². The minimum absolute atomic E-state index is 0.0478. The average molecular weight is 329 g/mol. The van der Waals surface area contributed by atoms with Crippen LogP contribution in [0.5, 0.6) is 0 Å². The van der Waals surface area contributed by atoms with Crippen molar-refractivity contribution in [2.45, 2.75) is 44.6 Å². The number of benzene rings is 1. The monoisotopic (exact) mass is 329 g/mol. The molecule has 1 aliphatic carbocycles. The third kappa shape index (κ3) is 3.89. The molecule has 5 nitrogen and oxygen atoms in total. The maximum absolute atomic E-state index is 12.7. The molecule has 3 rings (SSSR count). The third-order valence-electron chi connectivity index (χ3n) is 5.44. The van der Waals surface area contributed by atoms with Crippen LogP contribution >= 0.6 is 0 Å². The Morgan fingerprint density at radius 3 is 2.42 bits per heavy atom. The number of nitrogens with two attached hydrogens (primary N) is 1. The Hall–Kier alpha value is -2.04. The van der Waals surface area contributed by atoms with E-state index < -0.39 is 0 Å². The number of primary amides is 1. The van der Waals surface area contributed by atoms with Gasteiger partial charge < -0.3 is 16.0 Å². The molecule has 0 spiro atoms. The summed E-state index contributed by atoms with van der Waals surface area (Å²) in [6, 6.07) is 10.2. The smallest absolute Gasteiger partial charge is 0.317 e. The summed E-state index contributed by atoms with van der Waals surface area (Å²) in [4.78, 5) is 25.8. The first-order valence-electron chi connectivity index (χ1n) is 9.05. The zero-order chi connectivity index (χ0) is 16.9. The highest BCUT2D eigenvalue weighted by Gasteiger charge is 2.32. The van der Waals surface area contributed by atoms with Crippen molar-refractivity contribution < 1.29 is 9.59 Å². The Bertz CT molecular complexity index is 569.